The Bertz CT molecular complexity index is 1420. The van der Waals surface area contributed by atoms with E-state index >= 15 is 0 Å². The lowest BCUT2D eigenvalue weighted by Gasteiger charge is -2.26. The molecule has 2 aromatic carbocycles. The van der Waals surface area contributed by atoms with Crippen LogP contribution in [0.5, 0.6) is 0 Å². The minimum atomic E-state index is -0.490. The Morgan fingerprint density at radius 1 is 1.07 bits per heavy atom. The molecule has 1 N–H and O–H groups in total. The molecule has 2 atom stereocenters. The number of aromatic nitrogens is 4. The molecule has 4 heterocycles. The van der Waals surface area contributed by atoms with Crippen LogP contribution in [0.25, 0.3) is 21.1 Å². The van der Waals surface area contributed by atoms with E-state index in [2.05, 4.69) is 44.8 Å². The third kappa shape index (κ3) is 2.35. The third-order valence-corrected chi connectivity index (χ3v) is 6.45. The van der Waals surface area contributed by atoms with Gasteiger partial charge >= 0.3 is 0 Å². The van der Waals surface area contributed by atoms with Crippen molar-refractivity contribution in [1.29, 1.82) is 5.26 Å². The first-order chi connectivity index (χ1) is 14.3. The number of rotatable bonds is 2. The van der Waals surface area contributed by atoms with E-state index < -0.39 is 5.92 Å². The first kappa shape index (κ1) is 16.2. The molecule has 0 radical (unpaired) electrons. The standard InChI is InChI=1S/C21H12N6OS/c22-9-13-18(12-5-3-6-15-19(12)27-28-26-15)14-10-23-25-21(14)24-20(13)17-8-11-4-1-2-7-16(11)29-17/h1-8,10,13,18H,(H,23,25). The number of aromatic amines is 1. The SMILES string of the molecule is N#CC1C(c2cc3ccccc3s2)=Nc2[nH]ncc2C1c1cccc2nonc12. The number of nitrogens with one attached hydrogen (secondary N) is 1. The Hall–Kier alpha value is -3.83. The topological polar surface area (TPSA) is 104 Å². The predicted octanol–water partition coefficient (Wildman–Crippen LogP) is 4.57. The lowest BCUT2D eigenvalue weighted by Crippen LogP contribution is -2.25. The van der Waals surface area contributed by atoms with Crippen molar-refractivity contribution in [1.82, 2.24) is 20.5 Å². The number of thiophene rings is 1. The number of fused-ring (bicyclic) bond motifs is 3. The molecule has 0 saturated heterocycles. The number of H-pyrrole nitrogens is 1. The monoisotopic (exact) mass is 396 g/mol. The Morgan fingerprint density at radius 2 is 2.00 bits per heavy atom. The Morgan fingerprint density at radius 3 is 2.90 bits per heavy atom. The quantitative estimate of drug-likeness (QED) is 0.471. The van der Waals surface area contributed by atoms with Gasteiger partial charge in [-0.05, 0) is 39.5 Å². The molecule has 0 aliphatic carbocycles. The minimum absolute atomic E-state index is 0.276. The summed E-state index contributed by atoms with van der Waals surface area (Å²) in [6.45, 7) is 0. The molecule has 0 amide bonds. The van der Waals surface area contributed by atoms with E-state index in [9.17, 15) is 5.26 Å². The van der Waals surface area contributed by atoms with Gasteiger partial charge in [-0.25, -0.2) is 9.62 Å². The third-order valence-electron chi connectivity index (χ3n) is 5.31. The van der Waals surface area contributed by atoms with Crippen LogP contribution in [-0.4, -0.2) is 26.2 Å². The molecule has 6 rings (SSSR count). The van der Waals surface area contributed by atoms with Crippen molar-refractivity contribution in [3.63, 3.8) is 0 Å². The van der Waals surface area contributed by atoms with Gasteiger partial charge in [-0.2, -0.15) is 10.4 Å². The highest BCUT2D eigenvalue weighted by molar-refractivity contribution is 7.21. The lowest BCUT2D eigenvalue weighted by atomic mass is 9.77. The summed E-state index contributed by atoms with van der Waals surface area (Å²) in [5.41, 5.74) is 3.81. The van der Waals surface area contributed by atoms with Gasteiger partial charge in [-0.3, -0.25) is 5.10 Å². The van der Waals surface area contributed by atoms with Crippen LogP contribution in [0.15, 0.2) is 64.3 Å². The molecule has 1 aliphatic heterocycles. The average molecular weight is 396 g/mol. The fourth-order valence-electron chi connectivity index (χ4n) is 4.01. The van der Waals surface area contributed by atoms with E-state index in [1.54, 1.807) is 17.5 Å². The van der Waals surface area contributed by atoms with Crippen LogP contribution in [0.2, 0.25) is 0 Å². The largest absolute Gasteiger partial charge is 0.261 e. The summed E-state index contributed by atoms with van der Waals surface area (Å²) in [6, 6.07) is 18.5. The van der Waals surface area contributed by atoms with Gasteiger partial charge in [0.25, 0.3) is 0 Å². The molecule has 29 heavy (non-hydrogen) atoms. The molecule has 8 heteroatoms. The Balaban J connectivity index is 1.59. The second-order valence-electron chi connectivity index (χ2n) is 6.88. The molecule has 1 aliphatic rings. The molecule has 138 valence electrons. The van der Waals surface area contributed by atoms with Gasteiger partial charge in [0, 0.05) is 16.2 Å². The minimum Gasteiger partial charge on any atom is -0.261 e. The average Bonchev–Trinajstić information content (AvgIpc) is 3.50. The van der Waals surface area contributed by atoms with Crippen molar-refractivity contribution in [3.05, 3.63) is 70.7 Å². The van der Waals surface area contributed by atoms with Gasteiger partial charge in [0.1, 0.15) is 17.0 Å². The van der Waals surface area contributed by atoms with Crippen LogP contribution in [0.4, 0.5) is 5.82 Å². The van der Waals surface area contributed by atoms with Crippen LogP contribution in [0.3, 0.4) is 0 Å². The summed E-state index contributed by atoms with van der Waals surface area (Å²) in [4.78, 5) is 5.77. The zero-order valence-corrected chi connectivity index (χ0v) is 15.7. The molecule has 0 fully saturated rings. The molecule has 3 aromatic heterocycles. The molecular weight excluding hydrogens is 384 g/mol. The normalized spacial score (nSPS) is 18.5. The molecule has 0 bridgehead atoms. The number of nitrogens with zero attached hydrogens (tertiary/aromatic N) is 5. The smallest absolute Gasteiger partial charge is 0.152 e. The van der Waals surface area contributed by atoms with E-state index in [0.717, 1.165) is 31.8 Å². The number of aliphatic imine (C=N–C) groups is 1. The summed E-state index contributed by atoms with van der Waals surface area (Å²) in [5.74, 6) is -0.0973. The van der Waals surface area contributed by atoms with Crippen molar-refractivity contribution in [2.45, 2.75) is 5.92 Å². The zero-order valence-electron chi connectivity index (χ0n) is 14.9. The van der Waals surface area contributed by atoms with Crippen LogP contribution in [-0.2, 0) is 0 Å². The summed E-state index contributed by atoms with van der Waals surface area (Å²) in [7, 11) is 0. The van der Waals surface area contributed by atoms with Gasteiger partial charge in [0.15, 0.2) is 5.82 Å². The van der Waals surface area contributed by atoms with E-state index in [0.29, 0.717) is 16.9 Å². The van der Waals surface area contributed by atoms with Crippen molar-refractivity contribution < 1.29 is 4.63 Å². The maximum atomic E-state index is 10.2. The van der Waals surface area contributed by atoms with E-state index in [-0.39, 0.29) is 5.92 Å². The number of nitriles is 1. The van der Waals surface area contributed by atoms with Crippen molar-refractivity contribution in [3.8, 4) is 6.07 Å². The highest BCUT2D eigenvalue weighted by Crippen LogP contribution is 2.45. The molecule has 2 unspecified atom stereocenters. The predicted molar refractivity (Wildman–Crippen MR) is 109 cm³/mol. The van der Waals surface area contributed by atoms with Crippen molar-refractivity contribution in [2.24, 2.45) is 10.9 Å². The maximum absolute atomic E-state index is 10.2. The molecule has 5 aromatic rings. The van der Waals surface area contributed by atoms with Crippen LogP contribution in [0.1, 0.15) is 21.9 Å². The lowest BCUT2D eigenvalue weighted by molar-refractivity contribution is 0.315. The van der Waals surface area contributed by atoms with E-state index in [4.69, 9.17) is 9.62 Å². The molecule has 0 saturated carbocycles. The Kier molecular flexibility index (Phi) is 3.39. The van der Waals surface area contributed by atoms with E-state index in [1.165, 1.54) is 0 Å². The second-order valence-corrected chi connectivity index (χ2v) is 7.97. The molecule has 7 nitrogen and oxygen atoms in total. The summed E-state index contributed by atoms with van der Waals surface area (Å²) in [5, 5.41) is 26.5. The van der Waals surface area contributed by atoms with Crippen LogP contribution >= 0.6 is 11.3 Å². The van der Waals surface area contributed by atoms with Gasteiger partial charge in [-0.15, -0.1) is 11.3 Å². The zero-order chi connectivity index (χ0) is 19.4. The number of benzene rings is 2. The maximum Gasteiger partial charge on any atom is 0.152 e. The van der Waals surface area contributed by atoms with E-state index in [1.807, 2.05) is 30.3 Å². The Labute approximate surface area is 168 Å². The number of hydrogen-bond acceptors (Lipinski definition) is 7. The first-order valence-corrected chi connectivity index (χ1v) is 9.87. The first-order valence-electron chi connectivity index (χ1n) is 9.05. The second kappa shape index (κ2) is 6.09. The fourth-order valence-corrected chi connectivity index (χ4v) is 5.10. The van der Waals surface area contributed by atoms with Crippen molar-refractivity contribution >= 4 is 44.0 Å². The molecular formula is C21H12N6OS. The van der Waals surface area contributed by atoms with Crippen molar-refractivity contribution in [2.75, 3.05) is 0 Å². The highest BCUT2D eigenvalue weighted by atomic mass is 32.1. The summed E-state index contributed by atoms with van der Waals surface area (Å²) < 4.78 is 6.12. The fraction of sp³-hybridized carbons (Fsp3) is 0.0952. The molecule has 0 spiro atoms. The summed E-state index contributed by atoms with van der Waals surface area (Å²) in [6.07, 6.45) is 1.74. The highest BCUT2D eigenvalue weighted by Gasteiger charge is 2.38. The van der Waals surface area contributed by atoms with Gasteiger partial charge in [0.2, 0.25) is 0 Å². The van der Waals surface area contributed by atoms with Crippen LogP contribution in [0, 0.1) is 17.2 Å². The van der Waals surface area contributed by atoms with Gasteiger partial charge < -0.3 is 0 Å². The van der Waals surface area contributed by atoms with Gasteiger partial charge in [-0.1, -0.05) is 30.3 Å². The summed E-state index contributed by atoms with van der Waals surface area (Å²) >= 11 is 1.64. The van der Waals surface area contributed by atoms with Gasteiger partial charge in [0.05, 0.1) is 22.9 Å². The number of hydrogen-bond donors (Lipinski definition) is 1. The van der Waals surface area contributed by atoms with Crippen LogP contribution < -0.4 is 0 Å².